The van der Waals surface area contributed by atoms with E-state index in [1.807, 2.05) is 24.3 Å². The molecule has 1 aliphatic heterocycles. The molecule has 0 saturated carbocycles. The second kappa shape index (κ2) is 8.82. The minimum atomic E-state index is -0.0770. The predicted octanol–water partition coefficient (Wildman–Crippen LogP) is 3.90. The number of carbonyl (C=O) groups excluding carboxylic acids is 1. The third-order valence-corrected chi connectivity index (χ3v) is 5.15. The summed E-state index contributed by atoms with van der Waals surface area (Å²) in [5.41, 5.74) is 2.46. The van der Waals surface area contributed by atoms with Gasteiger partial charge in [-0.1, -0.05) is 67.6 Å². The van der Waals surface area contributed by atoms with Crippen LogP contribution in [0, 0.1) is 5.92 Å². The third kappa shape index (κ3) is 4.70. The Morgan fingerprint density at radius 2 is 1.76 bits per heavy atom. The molecule has 0 spiro atoms. The molecule has 1 heterocycles. The van der Waals surface area contributed by atoms with Crippen LogP contribution < -0.4 is 0 Å². The van der Waals surface area contributed by atoms with Crippen LogP contribution in [-0.2, 0) is 16.0 Å². The van der Waals surface area contributed by atoms with Gasteiger partial charge in [0.15, 0.2) is 0 Å². The van der Waals surface area contributed by atoms with Crippen molar-refractivity contribution in [3.8, 4) is 0 Å². The number of nitrogens with zero attached hydrogens (tertiary/aromatic N) is 1. The summed E-state index contributed by atoms with van der Waals surface area (Å²) in [5.74, 6) is 0.128. The van der Waals surface area contributed by atoms with Gasteiger partial charge >= 0.3 is 5.97 Å². The molecule has 3 nitrogen and oxygen atoms in total. The Labute approximate surface area is 150 Å². The molecule has 1 saturated heterocycles. The van der Waals surface area contributed by atoms with Gasteiger partial charge in [0.05, 0.1) is 12.5 Å². The van der Waals surface area contributed by atoms with Crippen LogP contribution in [0.15, 0.2) is 60.7 Å². The highest BCUT2D eigenvalue weighted by Gasteiger charge is 2.35. The molecule has 2 atom stereocenters. The molecule has 1 fully saturated rings. The number of hydrogen-bond donors (Lipinski definition) is 0. The number of carbonyl (C=O) groups is 1. The third-order valence-electron chi connectivity index (χ3n) is 5.15. The molecule has 3 heteroatoms. The van der Waals surface area contributed by atoms with Gasteiger partial charge in [-0.3, -0.25) is 4.79 Å². The summed E-state index contributed by atoms with van der Waals surface area (Å²) < 4.78 is 5.66. The first kappa shape index (κ1) is 17.7. The first-order valence-electron chi connectivity index (χ1n) is 9.25. The van der Waals surface area contributed by atoms with Crippen LogP contribution >= 0.6 is 0 Å². The molecule has 0 unspecified atom stereocenters. The summed E-state index contributed by atoms with van der Waals surface area (Å²) in [6.45, 7) is 5.42. The Bertz CT molecular complexity index is 656. The molecule has 0 radical (unpaired) electrons. The summed E-state index contributed by atoms with van der Waals surface area (Å²) in [7, 11) is 0. The van der Waals surface area contributed by atoms with Crippen LogP contribution in [-0.4, -0.2) is 37.1 Å². The lowest BCUT2D eigenvalue weighted by molar-refractivity contribution is -0.151. The normalized spacial score (nSPS) is 21.0. The number of hydrogen-bond acceptors (Lipinski definition) is 3. The number of rotatable bonds is 6. The highest BCUT2D eigenvalue weighted by Crippen LogP contribution is 2.33. The van der Waals surface area contributed by atoms with Gasteiger partial charge in [0.2, 0.25) is 0 Å². The van der Waals surface area contributed by atoms with Gasteiger partial charge in [0, 0.05) is 13.0 Å². The van der Waals surface area contributed by atoms with Crippen molar-refractivity contribution in [2.24, 2.45) is 5.92 Å². The van der Waals surface area contributed by atoms with Crippen molar-refractivity contribution < 1.29 is 9.53 Å². The van der Waals surface area contributed by atoms with Crippen molar-refractivity contribution >= 4 is 5.97 Å². The topological polar surface area (TPSA) is 29.5 Å². The first-order valence-corrected chi connectivity index (χ1v) is 9.25. The van der Waals surface area contributed by atoms with E-state index in [2.05, 4.69) is 48.2 Å². The average Bonchev–Trinajstić information content (AvgIpc) is 2.69. The molecule has 132 valence electrons. The van der Waals surface area contributed by atoms with E-state index in [-0.39, 0.29) is 17.8 Å². The number of likely N-dealkylation sites (tertiary alicyclic amines) is 1. The fourth-order valence-corrected chi connectivity index (χ4v) is 3.67. The fourth-order valence-electron chi connectivity index (χ4n) is 3.67. The largest absolute Gasteiger partial charge is 0.465 e. The summed E-state index contributed by atoms with van der Waals surface area (Å²) in [5, 5.41) is 0. The fraction of sp³-hybridized carbons (Fsp3) is 0.409. The number of ether oxygens (including phenoxy) is 1. The quantitative estimate of drug-likeness (QED) is 0.749. The number of piperidine rings is 1. The molecular weight excluding hydrogens is 310 g/mol. The highest BCUT2D eigenvalue weighted by atomic mass is 16.5. The smallest absolute Gasteiger partial charge is 0.310 e. The van der Waals surface area contributed by atoms with Gasteiger partial charge in [-0.15, -0.1) is 0 Å². The second-order valence-corrected chi connectivity index (χ2v) is 6.71. The molecular formula is C22H27NO2. The van der Waals surface area contributed by atoms with Crippen molar-refractivity contribution in [3.63, 3.8) is 0 Å². The summed E-state index contributed by atoms with van der Waals surface area (Å²) in [6.07, 6.45) is 1.78. The van der Waals surface area contributed by atoms with Crippen molar-refractivity contribution in [2.45, 2.75) is 25.7 Å². The Kier molecular flexibility index (Phi) is 6.24. The SMILES string of the molecule is CCN1CC[C@@H](c2ccccc2)[C@H](C(=O)OCCc2ccccc2)C1. The van der Waals surface area contributed by atoms with E-state index in [4.69, 9.17) is 4.74 Å². The Morgan fingerprint density at radius 1 is 1.08 bits per heavy atom. The van der Waals surface area contributed by atoms with E-state index in [1.54, 1.807) is 0 Å². The average molecular weight is 337 g/mol. The lowest BCUT2D eigenvalue weighted by Crippen LogP contribution is -2.43. The monoisotopic (exact) mass is 337 g/mol. The van der Waals surface area contributed by atoms with Crippen molar-refractivity contribution in [1.82, 2.24) is 4.90 Å². The zero-order chi connectivity index (χ0) is 17.5. The maximum absolute atomic E-state index is 12.8. The number of esters is 1. The Hall–Kier alpha value is -2.13. The van der Waals surface area contributed by atoms with Gasteiger partial charge < -0.3 is 9.64 Å². The lowest BCUT2D eigenvalue weighted by Gasteiger charge is -2.37. The maximum Gasteiger partial charge on any atom is 0.310 e. The van der Waals surface area contributed by atoms with Gasteiger partial charge in [-0.2, -0.15) is 0 Å². The summed E-state index contributed by atoms with van der Waals surface area (Å²) >= 11 is 0. The van der Waals surface area contributed by atoms with E-state index in [9.17, 15) is 4.79 Å². The molecule has 2 aromatic carbocycles. The highest BCUT2D eigenvalue weighted by molar-refractivity contribution is 5.74. The molecule has 0 aliphatic carbocycles. The first-order chi connectivity index (χ1) is 12.3. The van der Waals surface area contributed by atoms with Crippen LogP contribution in [0.4, 0.5) is 0 Å². The minimum Gasteiger partial charge on any atom is -0.465 e. The second-order valence-electron chi connectivity index (χ2n) is 6.71. The summed E-state index contributed by atoms with van der Waals surface area (Å²) in [6, 6.07) is 20.6. The Balaban J connectivity index is 1.63. The maximum atomic E-state index is 12.8. The minimum absolute atomic E-state index is 0.0528. The molecule has 25 heavy (non-hydrogen) atoms. The predicted molar refractivity (Wildman–Crippen MR) is 101 cm³/mol. The zero-order valence-corrected chi connectivity index (χ0v) is 14.9. The standard InChI is InChI=1S/C22H27NO2/c1-2-23-15-13-20(19-11-7-4-8-12-19)21(17-23)22(24)25-16-14-18-9-5-3-6-10-18/h3-12,20-21H,2,13-17H2,1H3/t20-,21+/m0/s1. The van der Waals surface area contributed by atoms with E-state index in [0.717, 1.165) is 32.5 Å². The van der Waals surface area contributed by atoms with E-state index >= 15 is 0 Å². The van der Waals surface area contributed by atoms with E-state index < -0.39 is 0 Å². The van der Waals surface area contributed by atoms with Crippen LogP contribution in [0.3, 0.4) is 0 Å². The van der Waals surface area contributed by atoms with Gasteiger partial charge in [0.1, 0.15) is 0 Å². The van der Waals surface area contributed by atoms with Crippen molar-refractivity contribution in [3.05, 3.63) is 71.8 Å². The van der Waals surface area contributed by atoms with E-state index in [0.29, 0.717) is 6.61 Å². The van der Waals surface area contributed by atoms with Crippen molar-refractivity contribution in [1.29, 1.82) is 0 Å². The van der Waals surface area contributed by atoms with Crippen molar-refractivity contribution in [2.75, 3.05) is 26.2 Å². The molecule has 3 rings (SSSR count). The van der Waals surface area contributed by atoms with Gasteiger partial charge in [0.25, 0.3) is 0 Å². The zero-order valence-electron chi connectivity index (χ0n) is 14.9. The molecule has 0 amide bonds. The Morgan fingerprint density at radius 3 is 2.44 bits per heavy atom. The molecule has 1 aliphatic rings. The van der Waals surface area contributed by atoms with Crippen LogP contribution in [0.1, 0.15) is 30.4 Å². The molecule has 0 bridgehead atoms. The number of benzene rings is 2. The lowest BCUT2D eigenvalue weighted by atomic mass is 9.80. The van der Waals surface area contributed by atoms with Gasteiger partial charge in [-0.05, 0) is 36.6 Å². The van der Waals surface area contributed by atoms with E-state index in [1.165, 1.54) is 11.1 Å². The molecule has 2 aromatic rings. The van der Waals surface area contributed by atoms with Crippen LogP contribution in [0.2, 0.25) is 0 Å². The molecule has 0 N–H and O–H groups in total. The van der Waals surface area contributed by atoms with Crippen LogP contribution in [0.5, 0.6) is 0 Å². The molecule has 0 aromatic heterocycles. The van der Waals surface area contributed by atoms with Gasteiger partial charge in [-0.25, -0.2) is 0 Å². The van der Waals surface area contributed by atoms with Crippen LogP contribution in [0.25, 0.3) is 0 Å². The summed E-state index contributed by atoms with van der Waals surface area (Å²) in [4.78, 5) is 15.1.